The van der Waals surface area contributed by atoms with Crippen LogP contribution >= 0.6 is 0 Å². The number of Topliss-reactive ketones (excluding diaryl/α,β-unsaturated/α-hetero) is 1. The summed E-state index contributed by atoms with van der Waals surface area (Å²) >= 11 is 0. The molecule has 0 bridgehead atoms. The third-order valence-electron chi connectivity index (χ3n) is 2.09. The molecular formula is C12H16O5. The lowest BCUT2D eigenvalue weighted by molar-refractivity contribution is -0.00853. The van der Waals surface area contributed by atoms with E-state index >= 15 is 0 Å². The molecule has 1 aromatic rings. The quantitative estimate of drug-likeness (QED) is 0.445. The second kappa shape index (κ2) is 6.88. The number of methoxy groups -OCH3 is 1. The lowest BCUT2D eigenvalue weighted by Gasteiger charge is -2.08. The first-order chi connectivity index (χ1) is 8.15. The minimum Gasteiger partial charge on any atom is -0.507 e. The number of hydrogen-bond donors (Lipinski definition) is 1. The van der Waals surface area contributed by atoms with Crippen molar-refractivity contribution in [3.63, 3.8) is 0 Å². The van der Waals surface area contributed by atoms with Crippen LogP contribution in [0.3, 0.4) is 0 Å². The molecule has 0 amide bonds. The van der Waals surface area contributed by atoms with Crippen molar-refractivity contribution in [2.24, 2.45) is 0 Å². The van der Waals surface area contributed by atoms with E-state index in [-0.39, 0.29) is 23.9 Å². The van der Waals surface area contributed by atoms with Crippen LogP contribution in [0.15, 0.2) is 18.2 Å². The summed E-state index contributed by atoms with van der Waals surface area (Å²) in [5.41, 5.74) is 0.276. The van der Waals surface area contributed by atoms with Crippen LogP contribution in [-0.4, -0.2) is 38.0 Å². The highest BCUT2D eigenvalue weighted by Gasteiger charge is 2.07. The van der Waals surface area contributed by atoms with Crippen LogP contribution in [0.1, 0.15) is 17.3 Å². The third-order valence-corrected chi connectivity index (χ3v) is 2.09. The zero-order valence-electron chi connectivity index (χ0n) is 9.93. The number of carbonyl (C=O) groups is 1. The van der Waals surface area contributed by atoms with Gasteiger partial charge in [0.25, 0.3) is 0 Å². The van der Waals surface area contributed by atoms with Crippen LogP contribution in [-0.2, 0) is 9.47 Å². The fourth-order valence-electron chi connectivity index (χ4n) is 1.21. The highest BCUT2D eigenvalue weighted by Crippen LogP contribution is 2.23. The molecule has 17 heavy (non-hydrogen) atoms. The van der Waals surface area contributed by atoms with Crippen molar-refractivity contribution in [1.29, 1.82) is 0 Å². The average Bonchev–Trinajstić information content (AvgIpc) is 2.28. The Balaban J connectivity index is 2.45. The Labute approximate surface area is 99.9 Å². The van der Waals surface area contributed by atoms with Gasteiger partial charge >= 0.3 is 0 Å². The van der Waals surface area contributed by atoms with Gasteiger partial charge in [-0.3, -0.25) is 4.79 Å². The number of aromatic hydroxyl groups is 1. The highest BCUT2D eigenvalue weighted by atomic mass is 16.7. The molecule has 5 nitrogen and oxygen atoms in total. The predicted molar refractivity (Wildman–Crippen MR) is 61.4 cm³/mol. The molecule has 0 atom stereocenters. The number of benzene rings is 1. The molecule has 0 unspecified atom stereocenters. The molecule has 0 aliphatic rings. The molecular weight excluding hydrogens is 224 g/mol. The summed E-state index contributed by atoms with van der Waals surface area (Å²) in [6.07, 6.45) is 0. The predicted octanol–water partition coefficient (Wildman–Crippen LogP) is 1.59. The zero-order valence-corrected chi connectivity index (χ0v) is 9.93. The summed E-state index contributed by atoms with van der Waals surface area (Å²) in [6.45, 7) is 2.40. The van der Waals surface area contributed by atoms with Gasteiger partial charge in [0.15, 0.2) is 12.6 Å². The van der Waals surface area contributed by atoms with Gasteiger partial charge in [0.1, 0.15) is 11.5 Å². The van der Waals surface area contributed by atoms with E-state index in [1.807, 2.05) is 0 Å². The number of phenols is 1. The molecule has 0 spiro atoms. The molecule has 0 aliphatic heterocycles. The van der Waals surface area contributed by atoms with E-state index in [4.69, 9.17) is 14.2 Å². The lowest BCUT2D eigenvalue weighted by Crippen LogP contribution is -2.07. The Bertz CT molecular complexity index is 375. The standard InChI is InChI=1S/C12H16O5/c1-9(13)11-4-3-10(7-12(11)14)17-8-16-6-5-15-2/h3-4,7,14H,5-6,8H2,1-2H3. The Hall–Kier alpha value is -1.59. The molecule has 0 aromatic heterocycles. The van der Waals surface area contributed by atoms with Gasteiger partial charge in [-0.05, 0) is 19.1 Å². The van der Waals surface area contributed by atoms with E-state index in [0.29, 0.717) is 19.0 Å². The van der Waals surface area contributed by atoms with Crippen LogP contribution in [0, 0.1) is 0 Å². The van der Waals surface area contributed by atoms with E-state index < -0.39 is 0 Å². The molecule has 5 heteroatoms. The van der Waals surface area contributed by atoms with Crippen LogP contribution in [0.2, 0.25) is 0 Å². The maximum Gasteiger partial charge on any atom is 0.189 e. The minimum absolute atomic E-state index is 0.0716. The summed E-state index contributed by atoms with van der Waals surface area (Å²) in [7, 11) is 1.59. The monoisotopic (exact) mass is 240 g/mol. The number of ketones is 1. The molecule has 0 aliphatic carbocycles. The molecule has 0 saturated heterocycles. The first-order valence-electron chi connectivity index (χ1n) is 5.18. The van der Waals surface area contributed by atoms with Crippen LogP contribution in [0.25, 0.3) is 0 Å². The molecule has 0 heterocycles. The summed E-state index contributed by atoms with van der Waals surface area (Å²) < 4.78 is 15.1. The summed E-state index contributed by atoms with van der Waals surface area (Å²) in [4.78, 5) is 11.1. The molecule has 0 fully saturated rings. The summed E-state index contributed by atoms with van der Waals surface area (Å²) in [5, 5.41) is 9.54. The highest BCUT2D eigenvalue weighted by molar-refractivity contribution is 5.96. The van der Waals surface area contributed by atoms with Gasteiger partial charge < -0.3 is 19.3 Å². The summed E-state index contributed by atoms with van der Waals surface area (Å²) in [6, 6.07) is 4.51. The number of carbonyl (C=O) groups excluding carboxylic acids is 1. The second-order valence-corrected chi connectivity index (χ2v) is 3.40. The summed E-state index contributed by atoms with van der Waals surface area (Å²) in [5.74, 6) is 0.169. The van der Waals surface area contributed by atoms with Gasteiger partial charge in [-0.25, -0.2) is 0 Å². The van der Waals surface area contributed by atoms with Crippen molar-refractivity contribution in [1.82, 2.24) is 0 Å². The van der Waals surface area contributed by atoms with Crippen molar-refractivity contribution in [2.45, 2.75) is 6.92 Å². The largest absolute Gasteiger partial charge is 0.507 e. The van der Waals surface area contributed by atoms with Crippen molar-refractivity contribution in [3.05, 3.63) is 23.8 Å². The van der Waals surface area contributed by atoms with Gasteiger partial charge in [0.05, 0.1) is 18.8 Å². The van der Waals surface area contributed by atoms with E-state index in [1.165, 1.54) is 19.1 Å². The fourth-order valence-corrected chi connectivity index (χ4v) is 1.21. The normalized spacial score (nSPS) is 10.2. The topological polar surface area (TPSA) is 65.0 Å². The van der Waals surface area contributed by atoms with E-state index in [1.54, 1.807) is 13.2 Å². The number of ether oxygens (including phenoxy) is 3. The molecule has 1 rings (SSSR count). The Morgan fingerprint density at radius 1 is 1.35 bits per heavy atom. The Morgan fingerprint density at radius 3 is 2.71 bits per heavy atom. The van der Waals surface area contributed by atoms with Crippen molar-refractivity contribution in [3.8, 4) is 11.5 Å². The van der Waals surface area contributed by atoms with Crippen LogP contribution in [0.4, 0.5) is 0 Å². The van der Waals surface area contributed by atoms with Gasteiger partial charge in [-0.15, -0.1) is 0 Å². The van der Waals surface area contributed by atoms with Crippen molar-refractivity contribution in [2.75, 3.05) is 27.1 Å². The maximum atomic E-state index is 11.1. The second-order valence-electron chi connectivity index (χ2n) is 3.40. The van der Waals surface area contributed by atoms with E-state index in [0.717, 1.165) is 0 Å². The first kappa shape index (κ1) is 13.5. The molecule has 0 saturated carbocycles. The van der Waals surface area contributed by atoms with Crippen LogP contribution in [0.5, 0.6) is 11.5 Å². The van der Waals surface area contributed by atoms with Crippen molar-refractivity contribution >= 4 is 5.78 Å². The van der Waals surface area contributed by atoms with Gasteiger partial charge in [-0.2, -0.15) is 0 Å². The Kier molecular flexibility index (Phi) is 5.45. The smallest absolute Gasteiger partial charge is 0.189 e. The number of hydrogen-bond acceptors (Lipinski definition) is 5. The third kappa shape index (κ3) is 4.42. The molecule has 1 N–H and O–H groups in total. The van der Waals surface area contributed by atoms with Gasteiger partial charge in [-0.1, -0.05) is 0 Å². The zero-order chi connectivity index (χ0) is 12.7. The molecule has 0 radical (unpaired) electrons. The van der Waals surface area contributed by atoms with E-state index in [9.17, 15) is 9.90 Å². The Morgan fingerprint density at radius 2 is 2.12 bits per heavy atom. The molecule has 94 valence electrons. The van der Waals surface area contributed by atoms with E-state index in [2.05, 4.69) is 0 Å². The maximum absolute atomic E-state index is 11.1. The number of rotatable bonds is 7. The average molecular weight is 240 g/mol. The molecule has 1 aromatic carbocycles. The first-order valence-corrected chi connectivity index (χ1v) is 5.18. The fraction of sp³-hybridized carbons (Fsp3) is 0.417. The van der Waals surface area contributed by atoms with Crippen molar-refractivity contribution < 1.29 is 24.1 Å². The SMILES string of the molecule is COCCOCOc1ccc(C(C)=O)c(O)c1. The minimum atomic E-state index is -0.189. The van der Waals surface area contributed by atoms with Gasteiger partial charge in [0.2, 0.25) is 0 Å². The lowest BCUT2D eigenvalue weighted by atomic mass is 10.1. The van der Waals surface area contributed by atoms with Crippen LogP contribution < -0.4 is 4.74 Å². The number of phenolic OH excluding ortho intramolecular Hbond substituents is 1. The van der Waals surface area contributed by atoms with Gasteiger partial charge in [0, 0.05) is 13.2 Å².